The second-order valence-electron chi connectivity index (χ2n) is 4.88. The maximum absolute atomic E-state index is 6.17. The lowest BCUT2D eigenvalue weighted by atomic mass is 10.1. The molecule has 0 unspecified atom stereocenters. The summed E-state index contributed by atoms with van der Waals surface area (Å²) in [5.74, 6) is 0. The number of anilines is 1. The molecule has 1 fully saturated rings. The van der Waals surface area contributed by atoms with E-state index in [1.54, 1.807) is 7.11 Å². The first-order valence-corrected chi connectivity index (χ1v) is 6.86. The molecule has 100 valence electrons. The number of piperidine rings is 1. The molecule has 0 amide bonds. The number of likely N-dealkylation sites (tertiary alicyclic amines) is 1. The summed E-state index contributed by atoms with van der Waals surface area (Å²) < 4.78 is 5.37. The van der Waals surface area contributed by atoms with Crippen molar-refractivity contribution < 1.29 is 4.74 Å². The van der Waals surface area contributed by atoms with Gasteiger partial charge < -0.3 is 15.4 Å². The summed E-state index contributed by atoms with van der Waals surface area (Å²) in [6, 6.07) is 5.77. The summed E-state index contributed by atoms with van der Waals surface area (Å²) in [4.78, 5) is 2.47. The van der Waals surface area contributed by atoms with Gasteiger partial charge in [0.2, 0.25) is 0 Å². The number of hydrogen-bond donors (Lipinski definition) is 1. The van der Waals surface area contributed by atoms with Crippen LogP contribution >= 0.6 is 11.6 Å². The van der Waals surface area contributed by atoms with E-state index in [4.69, 9.17) is 22.1 Å². The van der Waals surface area contributed by atoms with Crippen molar-refractivity contribution in [3.05, 3.63) is 28.8 Å². The highest BCUT2D eigenvalue weighted by Crippen LogP contribution is 2.20. The molecule has 2 N–H and O–H groups in total. The van der Waals surface area contributed by atoms with Crippen molar-refractivity contribution in [3.8, 4) is 0 Å². The van der Waals surface area contributed by atoms with Crippen molar-refractivity contribution in [2.45, 2.75) is 25.4 Å². The fourth-order valence-electron chi connectivity index (χ4n) is 2.41. The number of nitrogens with two attached hydrogens (primary N) is 1. The monoisotopic (exact) mass is 268 g/mol. The summed E-state index contributed by atoms with van der Waals surface area (Å²) >= 11 is 6.17. The molecule has 1 aliphatic rings. The van der Waals surface area contributed by atoms with E-state index in [1.807, 2.05) is 18.2 Å². The van der Waals surface area contributed by atoms with Crippen LogP contribution in [0.15, 0.2) is 18.2 Å². The zero-order valence-corrected chi connectivity index (χ0v) is 11.6. The van der Waals surface area contributed by atoms with Crippen molar-refractivity contribution in [2.75, 3.05) is 32.5 Å². The molecule has 3 nitrogen and oxygen atoms in total. The Balaban J connectivity index is 1.81. The van der Waals surface area contributed by atoms with Crippen LogP contribution < -0.4 is 5.73 Å². The van der Waals surface area contributed by atoms with Crippen molar-refractivity contribution in [2.24, 2.45) is 0 Å². The Morgan fingerprint density at radius 2 is 2.11 bits per heavy atom. The number of nitrogens with zero attached hydrogens (tertiary/aromatic N) is 1. The van der Waals surface area contributed by atoms with Gasteiger partial charge in [-0.05, 0) is 37.0 Å². The van der Waals surface area contributed by atoms with Gasteiger partial charge in [-0.3, -0.25) is 0 Å². The van der Waals surface area contributed by atoms with Crippen LogP contribution in [0.2, 0.25) is 5.02 Å². The molecule has 0 bridgehead atoms. The third kappa shape index (κ3) is 3.61. The number of methoxy groups -OCH3 is 1. The molecule has 0 atom stereocenters. The van der Waals surface area contributed by atoms with Crippen LogP contribution in [0.4, 0.5) is 5.69 Å². The second kappa shape index (κ2) is 6.41. The van der Waals surface area contributed by atoms with Crippen LogP contribution in [-0.4, -0.2) is 37.7 Å². The van der Waals surface area contributed by atoms with Crippen LogP contribution in [-0.2, 0) is 11.2 Å². The molecular weight excluding hydrogens is 248 g/mol. The molecule has 0 spiro atoms. The van der Waals surface area contributed by atoms with Gasteiger partial charge in [-0.15, -0.1) is 0 Å². The van der Waals surface area contributed by atoms with Crippen molar-refractivity contribution >= 4 is 17.3 Å². The number of halogens is 1. The smallest absolute Gasteiger partial charge is 0.0595 e. The van der Waals surface area contributed by atoms with E-state index in [1.165, 1.54) is 5.56 Å². The zero-order chi connectivity index (χ0) is 13.0. The summed E-state index contributed by atoms with van der Waals surface area (Å²) in [7, 11) is 1.80. The molecule has 0 aliphatic carbocycles. The van der Waals surface area contributed by atoms with E-state index >= 15 is 0 Å². The fraction of sp³-hybridized carbons (Fsp3) is 0.571. The highest BCUT2D eigenvalue weighted by Gasteiger charge is 2.18. The molecule has 1 aromatic rings. The van der Waals surface area contributed by atoms with Gasteiger partial charge >= 0.3 is 0 Å². The Hall–Kier alpha value is -0.770. The average molecular weight is 269 g/mol. The highest BCUT2D eigenvalue weighted by atomic mass is 35.5. The predicted octanol–water partition coefficient (Wildman–Crippen LogP) is 2.58. The van der Waals surface area contributed by atoms with Gasteiger partial charge in [-0.25, -0.2) is 0 Å². The molecule has 0 saturated carbocycles. The quantitative estimate of drug-likeness (QED) is 0.853. The van der Waals surface area contributed by atoms with E-state index in [0.29, 0.717) is 6.10 Å². The number of benzene rings is 1. The molecule has 1 heterocycles. The Kier molecular flexibility index (Phi) is 4.87. The van der Waals surface area contributed by atoms with Gasteiger partial charge in [0.15, 0.2) is 0 Å². The minimum atomic E-state index is 0.446. The van der Waals surface area contributed by atoms with Crippen LogP contribution in [0.5, 0.6) is 0 Å². The topological polar surface area (TPSA) is 38.5 Å². The van der Waals surface area contributed by atoms with Gasteiger partial charge in [0.25, 0.3) is 0 Å². The van der Waals surface area contributed by atoms with Crippen molar-refractivity contribution in [1.82, 2.24) is 4.90 Å². The van der Waals surface area contributed by atoms with E-state index in [-0.39, 0.29) is 0 Å². The Morgan fingerprint density at radius 1 is 1.39 bits per heavy atom. The molecule has 0 aromatic heterocycles. The largest absolute Gasteiger partial charge is 0.399 e. The maximum Gasteiger partial charge on any atom is 0.0595 e. The number of hydrogen-bond acceptors (Lipinski definition) is 3. The molecule has 1 saturated heterocycles. The molecule has 1 aromatic carbocycles. The average Bonchev–Trinajstić information content (AvgIpc) is 2.38. The van der Waals surface area contributed by atoms with Crippen molar-refractivity contribution in [3.63, 3.8) is 0 Å². The molecule has 0 radical (unpaired) electrons. The highest BCUT2D eigenvalue weighted by molar-refractivity contribution is 6.31. The second-order valence-corrected chi connectivity index (χ2v) is 5.28. The first kappa shape index (κ1) is 13.7. The molecule has 1 aliphatic heterocycles. The minimum Gasteiger partial charge on any atom is -0.399 e. The fourth-order valence-corrected chi connectivity index (χ4v) is 2.70. The van der Waals surface area contributed by atoms with E-state index < -0.39 is 0 Å². The number of ether oxygens (including phenoxy) is 1. The summed E-state index contributed by atoms with van der Waals surface area (Å²) in [5.41, 5.74) is 7.60. The summed E-state index contributed by atoms with van der Waals surface area (Å²) in [5, 5.41) is 0.779. The van der Waals surface area contributed by atoms with E-state index in [0.717, 1.165) is 49.6 Å². The lowest BCUT2D eigenvalue weighted by molar-refractivity contribution is 0.0415. The lowest BCUT2D eigenvalue weighted by Crippen LogP contribution is -2.37. The maximum atomic E-state index is 6.17. The summed E-state index contributed by atoms with van der Waals surface area (Å²) in [6.45, 7) is 3.29. The third-order valence-electron chi connectivity index (χ3n) is 3.64. The summed E-state index contributed by atoms with van der Waals surface area (Å²) in [6.07, 6.45) is 3.69. The minimum absolute atomic E-state index is 0.446. The zero-order valence-electron chi connectivity index (χ0n) is 10.9. The van der Waals surface area contributed by atoms with Gasteiger partial charge in [-0.1, -0.05) is 17.7 Å². The van der Waals surface area contributed by atoms with E-state index in [9.17, 15) is 0 Å². The van der Waals surface area contributed by atoms with Gasteiger partial charge in [-0.2, -0.15) is 0 Å². The SMILES string of the molecule is COC1CCN(CCc2ccc(N)cc2Cl)CC1. The Morgan fingerprint density at radius 3 is 2.72 bits per heavy atom. The first-order chi connectivity index (χ1) is 8.69. The molecule has 18 heavy (non-hydrogen) atoms. The van der Waals surface area contributed by atoms with E-state index in [2.05, 4.69) is 4.90 Å². The first-order valence-electron chi connectivity index (χ1n) is 6.48. The predicted molar refractivity (Wildman–Crippen MR) is 76.0 cm³/mol. The third-order valence-corrected chi connectivity index (χ3v) is 3.99. The normalized spacial score (nSPS) is 18.1. The number of nitrogen functional groups attached to an aromatic ring is 1. The molecule has 2 rings (SSSR count). The van der Waals surface area contributed by atoms with Gasteiger partial charge in [0.05, 0.1) is 6.10 Å². The number of rotatable bonds is 4. The Labute approximate surface area is 114 Å². The van der Waals surface area contributed by atoms with Crippen LogP contribution in [0.3, 0.4) is 0 Å². The van der Waals surface area contributed by atoms with Crippen molar-refractivity contribution in [1.29, 1.82) is 0 Å². The Bertz CT molecular complexity index is 389. The van der Waals surface area contributed by atoms with Gasteiger partial charge in [0, 0.05) is 37.5 Å². The lowest BCUT2D eigenvalue weighted by Gasteiger charge is -2.31. The van der Waals surface area contributed by atoms with Crippen LogP contribution in [0.25, 0.3) is 0 Å². The van der Waals surface area contributed by atoms with Gasteiger partial charge in [0.1, 0.15) is 0 Å². The molecular formula is C14H21ClN2O. The van der Waals surface area contributed by atoms with Crippen LogP contribution in [0.1, 0.15) is 18.4 Å². The van der Waals surface area contributed by atoms with Crippen LogP contribution in [0, 0.1) is 0 Å². The standard InChI is InChI=1S/C14H21ClN2O/c1-18-13-5-8-17(9-6-13)7-4-11-2-3-12(16)10-14(11)15/h2-3,10,13H,4-9,16H2,1H3. The molecule has 4 heteroatoms.